The highest BCUT2D eigenvalue weighted by molar-refractivity contribution is 9.10. The Hall–Kier alpha value is -0.640. The van der Waals surface area contributed by atoms with Crippen molar-refractivity contribution in [2.24, 2.45) is 5.41 Å². The van der Waals surface area contributed by atoms with Crippen molar-refractivity contribution in [3.8, 4) is 0 Å². The zero-order valence-electron chi connectivity index (χ0n) is 10.1. The van der Waals surface area contributed by atoms with Gasteiger partial charge in [0.05, 0.1) is 0 Å². The van der Waals surface area contributed by atoms with Crippen LogP contribution in [0, 0.1) is 12.3 Å². The zero-order chi connectivity index (χ0) is 11.8. The molecule has 1 aliphatic heterocycles. The first-order valence-electron chi connectivity index (χ1n) is 5.72. The van der Waals surface area contributed by atoms with Crippen LogP contribution in [0.25, 0.3) is 0 Å². The second kappa shape index (κ2) is 4.32. The van der Waals surface area contributed by atoms with Gasteiger partial charge in [-0.25, -0.2) is 9.97 Å². The van der Waals surface area contributed by atoms with Crippen LogP contribution in [-0.4, -0.2) is 23.1 Å². The van der Waals surface area contributed by atoms with Crippen LogP contribution in [0.3, 0.4) is 0 Å². The van der Waals surface area contributed by atoms with E-state index in [2.05, 4.69) is 44.6 Å². The minimum absolute atomic E-state index is 0.392. The molecule has 0 spiro atoms. The summed E-state index contributed by atoms with van der Waals surface area (Å²) in [6.45, 7) is 8.76. The molecule has 4 heteroatoms. The molecule has 0 amide bonds. The molecule has 2 heterocycles. The number of aryl methyl sites for hydroxylation is 1. The summed E-state index contributed by atoms with van der Waals surface area (Å²) >= 11 is 3.43. The summed E-state index contributed by atoms with van der Waals surface area (Å²) in [5.74, 6) is 1.87. The van der Waals surface area contributed by atoms with Crippen LogP contribution in [0.2, 0.25) is 0 Å². The first-order valence-corrected chi connectivity index (χ1v) is 6.52. The summed E-state index contributed by atoms with van der Waals surface area (Å²) < 4.78 is 0.873. The molecule has 2 rings (SSSR count). The summed E-state index contributed by atoms with van der Waals surface area (Å²) in [5.41, 5.74) is 0.392. The average Bonchev–Trinajstić information content (AvgIpc) is 2.14. The van der Waals surface area contributed by atoms with Crippen LogP contribution in [0.15, 0.2) is 10.7 Å². The highest BCUT2D eigenvalue weighted by atomic mass is 79.9. The van der Waals surface area contributed by atoms with Crippen molar-refractivity contribution in [2.75, 3.05) is 18.0 Å². The molecular formula is C12H18BrN3. The summed E-state index contributed by atoms with van der Waals surface area (Å²) in [6.07, 6.45) is 2.54. The molecule has 16 heavy (non-hydrogen) atoms. The van der Waals surface area contributed by atoms with Crippen LogP contribution in [-0.2, 0) is 0 Å². The lowest BCUT2D eigenvalue weighted by Crippen LogP contribution is -2.40. The molecular weight excluding hydrogens is 266 g/mol. The molecule has 0 bridgehead atoms. The summed E-state index contributed by atoms with van der Waals surface area (Å²) in [4.78, 5) is 11.1. The van der Waals surface area contributed by atoms with Gasteiger partial charge in [0, 0.05) is 19.2 Å². The molecule has 1 saturated heterocycles. The zero-order valence-corrected chi connectivity index (χ0v) is 11.7. The van der Waals surface area contributed by atoms with E-state index in [1.54, 1.807) is 0 Å². The number of nitrogens with zero attached hydrogens (tertiary/aromatic N) is 3. The van der Waals surface area contributed by atoms with Gasteiger partial charge in [0.2, 0.25) is 0 Å². The summed E-state index contributed by atoms with van der Waals surface area (Å²) in [5, 5.41) is 0. The lowest BCUT2D eigenvalue weighted by molar-refractivity contribution is 0.292. The van der Waals surface area contributed by atoms with E-state index in [9.17, 15) is 0 Å². The molecule has 0 atom stereocenters. The first-order chi connectivity index (χ1) is 7.46. The molecule has 1 aromatic heterocycles. The van der Waals surface area contributed by atoms with E-state index in [1.807, 2.05) is 13.0 Å². The van der Waals surface area contributed by atoms with Crippen LogP contribution in [0.1, 0.15) is 32.5 Å². The topological polar surface area (TPSA) is 29.0 Å². The van der Waals surface area contributed by atoms with E-state index < -0.39 is 0 Å². The highest BCUT2D eigenvalue weighted by Crippen LogP contribution is 2.31. The van der Waals surface area contributed by atoms with Crippen LogP contribution in [0.4, 0.5) is 5.82 Å². The number of halogens is 1. The molecule has 1 fully saturated rings. The minimum atomic E-state index is 0.392. The Balaban J connectivity index is 2.23. The third-order valence-electron chi connectivity index (χ3n) is 3.02. The van der Waals surface area contributed by atoms with Crippen molar-refractivity contribution in [1.82, 2.24) is 9.97 Å². The number of hydrogen-bond acceptors (Lipinski definition) is 3. The van der Waals surface area contributed by atoms with Crippen molar-refractivity contribution in [2.45, 2.75) is 33.6 Å². The second-order valence-electron chi connectivity index (χ2n) is 5.29. The minimum Gasteiger partial charge on any atom is -0.356 e. The number of piperidine rings is 1. The maximum atomic E-state index is 4.51. The molecule has 1 aromatic rings. The van der Waals surface area contributed by atoms with Gasteiger partial charge in [0.25, 0.3) is 0 Å². The average molecular weight is 284 g/mol. The molecule has 0 radical (unpaired) electrons. The predicted octanol–water partition coefficient (Wildman–Crippen LogP) is 3.17. The maximum Gasteiger partial charge on any atom is 0.133 e. The summed E-state index contributed by atoms with van der Waals surface area (Å²) in [7, 11) is 0. The number of hydrogen-bond donors (Lipinski definition) is 0. The quantitative estimate of drug-likeness (QED) is 0.742. The van der Waals surface area contributed by atoms with E-state index in [1.165, 1.54) is 12.8 Å². The van der Waals surface area contributed by atoms with Crippen LogP contribution < -0.4 is 4.90 Å². The Morgan fingerprint density at radius 2 is 2.12 bits per heavy atom. The molecule has 0 saturated carbocycles. The van der Waals surface area contributed by atoms with Crippen molar-refractivity contribution < 1.29 is 0 Å². The van der Waals surface area contributed by atoms with Crippen LogP contribution in [0.5, 0.6) is 0 Å². The third-order valence-corrected chi connectivity index (χ3v) is 3.42. The van der Waals surface area contributed by atoms with Crippen molar-refractivity contribution >= 4 is 21.7 Å². The van der Waals surface area contributed by atoms with Gasteiger partial charge in [-0.2, -0.15) is 0 Å². The van der Waals surface area contributed by atoms with Gasteiger partial charge in [0.1, 0.15) is 16.2 Å². The fraction of sp³-hybridized carbons (Fsp3) is 0.667. The SMILES string of the molecule is Cc1nc(Br)cc(N2CCCC(C)(C)C2)n1. The Kier molecular flexibility index (Phi) is 3.19. The lowest BCUT2D eigenvalue weighted by Gasteiger charge is -2.38. The highest BCUT2D eigenvalue weighted by Gasteiger charge is 2.27. The number of rotatable bonds is 1. The van der Waals surface area contributed by atoms with Crippen molar-refractivity contribution in [3.05, 3.63) is 16.5 Å². The fourth-order valence-electron chi connectivity index (χ4n) is 2.30. The van der Waals surface area contributed by atoms with Gasteiger partial charge in [-0.05, 0) is 41.1 Å². The molecule has 1 aliphatic rings. The molecule has 0 aromatic carbocycles. The predicted molar refractivity (Wildman–Crippen MR) is 69.7 cm³/mol. The Bertz CT molecular complexity index is 370. The van der Waals surface area contributed by atoms with Gasteiger partial charge in [-0.3, -0.25) is 0 Å². The number of aromatic nitrogens is 2. The fourth-order valence-corrected chi connectivity index (χ4v) is 2.76. The standard InChI is InChI=1S/C12H18BrN3/c1-9-14-10(13)7-11(15-9)16-6-4-5-12(2,3)8-16/h7H,4-6,8H2,1-3H3. The number of anilines is 1. The molecule has 88 valence electrons. The Morgan fingerprint density at radius 1 is 1.38 bits per heavy atom. The maximum absolute atomic E-state index is 4.51. The van der Waals surface area contributed by atoms with E-state index in [0.717, 1.165) is 29.3 Å². The van der Waals surface area contributed by atoms with Gasteiger partial charge < -0.3 is 4.90 Å². The lowest BCUT2D eigenvalue weighted by atomic mass is 9.84. The largest absolute Gasteiger partial charge is 0.356 e. The van der Waals surface area contributed by atoms with E-state index in [-0.39, 0.29) is 0 Å². The van der Waals surface area contributed by atoms with Gasteiger partial charge >= 0.3 is 0 Å². The van der Waals surface area contributed by atoms with Gasteiger partial charge in [-0.1, -0.05) is 13.8 Å². The normalized spacial score (nSPS) is 19.9. The van der Waals surface area contributed by atoms with E-state index in [4.69, 9.17) is 0 Å². The smallest absolute Gasteiger partial charge is 0.133 e. The monoisotopic (exact) mass is 283 g/mol. The molecule has 0 unspecified atom stereocenters. The van der Waals surface area contributed by atoms with E-state index in [0.29, 0.717) is 5.41 Å². The Labute approximate surface area is 105 Å². The second-order valence-corrected chi connectivity index (χ2v) is 6.10. The molecule has 0 aliphatic carbocycles. The van der Waals surface area contributed by atoms with E-state index >= 15 is 0 Å². The van der Waals surface area contributed by atoms with Gasteiger partial charge in [0.15, 0.2) is 0 Å². The van der Waals surface area contributed by atoms with Crippen molar-refractivity contribution in [3.63, 3.8) is 0 Å². The van der Waals surface area contributed by atoms with Gasteiger partial charge in [-0.15, -0.1) is 0 Å². The summed E-state index contributed by atoms with van der Waals surface area (Å²) in [6, 6.07) is 2.01. The van der Waals surface area contributed by atoms with Crippen molar-refractivity contribution in [1.29, 1.82) is 0 Å². The molecule has 3 nitrogen and oxygen atoms in total. The molecule has 0 N–H and O–H groups in total. The first kappa shape index (κ1) is 11.8. The Morgan fingerprint density at radius 3 is 2.75 bits per heavy atom. The third kappa shape index (κ3) is 2.73. The van der Waals surface area contributed by atoms with Crippen LogP contribution >= 0.6 is 15.9 Å².